The SMILES string of the molecule is Cc1cc(C)nc(SCC(=O)NCc2nc3ccccc3n2C)n1. The predicted molar refractivity (Wildman–Crippen MR) is 94.8 cm³/mol. The van der Waals surface area contributed by atoms with Crippen molar-refractivity contribution in [3.05, 3.63) is 47.5 Å². The summed E-state index contributed by atoms with van der Waals surface area (Å²) in [6.45, 7) is 4.24. The van der Waals surface area contributed by atoms with Gasteiger partial charge >= 0.3 is 0 Å². The van der Waals surface area contributed by atoms with Crippen LogP contribution in [0.3, 0.4) is 0 Å². The van der Waals surface area contributed by atoms with Crippen LogP contribution in [0.25, 0.3) is 11.0 Å². The van der Waals surface area contributed by atoms with Crippen LogP contribution in [0.1, 0.15) is 17.2 Å². The topological polar surface area (TPSA) is 72.7 Å². The van der Waals surface area contributed by atoms with Crippen LogP contribution in [0.5, 0.6) is 0 Å². The molecular formula is C17H19N5OS. The molecule has 0 spiro atoms. The molecule has 0 atom stereocenters. The third-order valence-electron chi connectivity index (χ3n) is 3.62. The minimum absolute atomic E-state index is 0.0604. The van der Waals surface area contributed by atoms with Crippen molar-refractivity contribution in [2.24, 2.45) is 7.05 Å². The minimum Gasteiger partial charge on any atom is -0.348 e. The third kappa shape index (κ3) is 3.73. The second-order valence-corrected chi connectivity index (χ2v) is 6.52. The highest BCUT2D eigenvalue weighted by molar-refractivity contribution is 7.99. The number of hydrogen-bond acceptors (Lipinski definition) is 5. The molecule has 0 saturated carbocycles. The molecule has 1 aromatic carbocycles. The van der Waals surface area contributed by atoms with Crippen molar-refractivity contribution in [3.8, 4) is 0 Å². The lowest BCUT2D eigenvalue weighted by Gasteiger charge is -2.06. The lowest BCUT2D eigenvalue weighted by atomic mass is 10.3. The molecule has 0 aliphatic heterocycles. The first kappa shape index (κ1) is 16.4. The van der Waals surface area contributed by atoms with E-state index in [1.165, 1.54) is 11.8 Å². The summed E-state index contributed by atoms with van der Waals surface area (Å²) in [7, 11) is 1.95. The second-order valence-electron chi connectivity index (χ2n) is 5.57. The first-order valence-corrected chi connectivity index (χ1v) is 8.63. The van der Waals surface area contributed by atoms with E-state index in [0.29, 0.717) is 11.7 Å². The van der Waals surface area contributed by atoms with Crippen LogP contribution in [0.15, 0.2) is 35.5 Å². The number of rotatable bonds is 5. The zero-order valence-corrected chi connectivity index (χ0v) is 14.7. The first-order chi connectivity index (χ1) is 11.5. The quantitative estimate of drug-likeness (QED) is 0.570. The summed E-state index contributed by atoms with van der Waals surface area (Å²) in [6.07, 6.45) is 0. The van der Waals surface area contributed by atoms with Gasteiger partial charge in [0, 0.05) is 18.4 Å². The van der Waals surface area contributed by atoms with E-state index < -0.39 is 0 Å². The van der Waals surface area contributed by atoms with Crippen LogP contribution in [0, 0.1) is 13.8 Å². The molecule has 3 aromatic rings. The Bertz CT molecular complexity index is 870. The van der Waals surface area contributed by atoms with Gasteiger partial charge in [-0.2, -0.15) is 0 Å². The van der Waals surface area contributed by atoms with Gasteiger partial charge in [-0.15, -0.1) is 0 Å². The Labute approximate surface area is 144 Å². The number of carbonyl (C=O) groups excluding carboxylic acids is 1. The van der Waals surface area contributed by atoms with Gasteiger partial charge in [0.05, 0.1) is 23.3 Å². The van der Waals surface area contributed by atoms with E-state index >= 15 is 0 Å². The number of aromatic nitrogens is 4. The number of aryl methyl sites for hydroxylation is 3. The van der Waals surface area contributed by atoms with Crippen molar-refractivity contribution in [1.29, 1.82) is 0 Å². The highest BCUT2D eigenvalue weighted by atomic mass is 32.2. The fraction of sp³-hybridized carbons (Fsp3) is 0.294. The largest absolute Gasteiger partial charge is 0.348 e. The Balaban J connectivity index is 1.58. The monoisotopic (exact) mass is 341 g/mol. The molecular weight excluding hydrogens is 322 g/mol. The molecule has 0 saturated heterocycles. The summed E-state index contributed by atoms with van der Waals surface area (Å²) in [5, 5.41) is 3.53. The van der Waals surface area contributed by atoms with E-state index in [0.717, 1.165) is 28.2 Å². The van der Waals surface area contributed by atoms with E-state index in [1.807, 2.05) is 55.8 Å². The molecule has 7 heteroatoms. The van der Waals surface area contributed by atoms with Gasteiger partial charge in [-0.25, -0.2) is 15.0 Å². The third-order valence-corrected chi connectivity index (χ3v) is 4.46. The molecule has 0 radical (unpaired) electrons. The van der Waals surface area contributed by atoms with Gasteiger partial charge in [0.1, 0.15) is 5.82 Å². The van der Waals surface area contributed by atoms with Crippen molar-refractivity contribution in [1.82, 2.24) is 24.8 Å². The fourth-order valence-electron chi connectivity index (χ4n) is 2.47. The summed E-state index contributed by atoms with van der Waals surface area (Å²) in [5.41, 5.74) is 3.80. The number of benzene rings is 1. The van der Waals surface area contributed by atoms with E-state index in [-0.39, 0.29) is 11.7 Å². The highest BCUT2D eigenvalue weighted by Crippen LogP contribution is 2.15. The Morgan fingerprint density at radius 1 is 1.17 bits per heavy atom. The molecule has 0 bridgehead atoms. The van der Waals surface area contributed by atoms with Crippen molar-refractivity contribution in [3.63, 3.8) is 0 Å². The Morgan fingerprint density at radius 2 is 1.88 bits per heavy atom. The van der Waals surface area contributed by atoms with Crippen molar-refractivity contribution in [2.45, 2.75) is 25.5 Å². The molecule has 6 nitrogen and oxygen atoms in total. The molecule has 2 aromatic heterocycles. The van der Waals surface area contributed by atoms with Crippen LogP contribution in [-0.2, 0) is 18.4 Å². The number of imidazole rings is 1. The van der Waals surface area contributed by atoms with Gasteiger partial charge < -0.3 is 9.88 Å². The standard InChI is InChI=1S/C17H19N5OS/c1-11-8-12(2)20-17(19-11)24-10-16(23)18-9-15-21-13-6-4-5-7-14(13)22(15)3/h4-8H,9-10H2,1-3H3,(H,18,23). The Hall–Kier alpha value is -2.41. The Morgan fingerprint density at radius 3 is 2.58 bits per heavy atom. The molecule has 24 heavy (non-hydrogen) atoms. The summed E-state index contributed by atoms with van der Waals surface area (Å²) in [6, 6.07) is 9.83. The second kappa shape index (κ2) is 7.00. The van der Waals surface area contributed by atoms with Crippen LogP contribution in [0.4, 0.5) is 0 Å². The van der Waals surface area contributed by atoms with E-state index in [4.69, 9.17) is 0 Å². The normalized spacial score (nSPS) is 11.0. The van der Waals surface area contributed by atoms with Gasteiger partial charge in [0.15, 0.2) is 5.16 Å². The molecule has 1 amide bonds. The number of nitrogens with zero attached hydrogens (tertiary/aromatic N) is 4. The lowest BCUT2D eigenvalue weighted by molar-refractivity contribution is -0.118. The molecule has 0 aliphatic carbocycles. The molecule has 0 unspecified atom stereocenters. The average Bonchev–Trinajstić information content (AvgIpc) is 2.87. The summed E-state index contributed by atoms with van der Waals surface area (Å²) in [4.78, 5) is 25.2. The minimum atomic E-state index is -0.0604. The van der Waals surface area contributed by atoms with Gasteiger partial charge in [-0.3, -0.25) is 4.79 Å². The zero-order chi connectivity index (χ0) is 17.1. The maximum absolute atomic E-state index is 12.1. The van der Waals surface area contributed by atoms with E-state index in [9.17, 15) is 4.79 Å². The van der Waals surface area contributed by atoms with Crippen LogP contribution in [-0.4, -0.2) is 31.2 Å². The predicted octanol–water partition coefficient (Wildman–Crippen LogP) is 2.39. The number of nitrogens with one attached hydrogen (secondary N) is 1. The van der Waals surface area contributed by atoms with Crippen molar-refractivity contribution >= 4 is 28.7 Å². The number of carbonyl (C=O) groups is 1. The van der Waals surface area contributed by atoms with Gasteiger partial charge in [0.2, 0.25) is 5.91 Å². The summed E-state index contributed by atoms with van der Waals surface area (Å²) >= 11 is 1.34. The molecule has 2 heterocycles. The van der Waals surface area contributed by atoms with Gasteiger partial charge in [0.25, 0.3) is 0 Å². The maximum atomic E-state index is 12.1. The van der Waals surface area contributed by atoms with Crippen LogP contribution in [0.2, 0.25) is 0 Å². The average molecular weight is 341 g/mol. The number of amides is 1. The number of para-hydroxylation sites is 2. The van der Waals surface area contributed by atoms with Gasteiger partial charge in [-0.05, 0) is 32.0 Å². The molecule has 0 fully saturated rings. The van der Waals surface area contributed by atoms with E-state index in [1.54, 1.807) is 0 Å². The maximum Gasteiger partial charge on any atom is 0.230 e. The summed E-state index contributed by atoms with van der Waals surface area (Å²) < 4.78 is 2.00. The van der Waals surface area contributed by atoms with Crippen molar-refractivity contribution in [2.75, 3.05) is 5.75 Å². The van der Waals surface area contributed by atoms with Gasteiger partial charge in [-0.1, -0.05) is 23.9 Å². The van der Waals surface area contributed by atoms with Crippen molar-refractivity contribution < 1.29 is 4.79 Å². The fourth-order valence-corrected chi connectivity index (χ4v) is 3.25. The lowest BCUT2D eigenvalue weighted by Crippen LogP contribution is -2.26. The molecule has 0 aliphatic rings. The van der Waals surface area contributed by atoms with Crippen LogP contribution < -0.4 is 5.32 Å². The smallest absolute Gasteiger partial charge is 0.230 e. The van der Waals surface area contributed by atoms with E-state index in [2.05, 4.69) is 20.3 Å². The number of fused-ring (bicyclic) bond motifs is 1. The number of thioether (sulfide) groups is 1. The molecule has 1 N–H and O–H groups in total. The molecule has 124 valence electrons. The number of hydrogen-bond donors (Lipinski definition) is 1. The first-order valence-electron chi connectivity index (χ1n) is 7.65. The van der Waals surface area contributed by atoms with Crippen LogP contribution >= 0.6 is 11.8 Å². The Kier molecular flexibility index (Phi) is 4.80. The summed E-state index contributed by atoms with van der Waals surface area (Å²) in [5.74, 6) is 1.05. The molecule has 3 rings (SSSR count). The zero-order valence-electron chi connectivity index (χ0n) is 13.9. The highest BCUT2D eigenvalue weighted by Gasteiger charge is 2.10.